The average Bonchev–Trinajstić information content (AvgIpc) is 2.75. The molecule has 0 atom stereocenters. The highest BCUT2D eigenvalue weighted by Gasteiger charge is 2.18. The fourth-order valence-electron chi connectivity index (χ4n) is 3.32. The Bertz CT molecular complexity index is 974. The van der Waals surface area contributed by atoms with E-state index in [1.807, 2.05) is 36.4 Å². The van der Waals surface area contributed by atoms with Gasteiger partial charge in [0, 0.05) is 43.5 Å². The van der Waals surface area contributed by atoms with Gasteiger partial charge in [-0.2, -0.15) is 4.98 Å². The summed E-state index contributed by atoms with van der Waals surface area (Å²) in [5.41, 5.74) is 2.75. The molecular weight excluding hydrogens is 386 g/mol. The third kappa shape index (κ3) is 4.60. The Morgan fingerprint density at radius 1 is 0.966 bits per heavy atom. The summed E-state index contributed by atoms with van der Waals surface area (Å²) < 4.78 is 5.23. The first kappa shape index (κ1) is 19.5. The van der Waals surface area contributed by atoms with E-state index in [-0.39, 0.29) is 0 Å². The van der Waals surface area contributed by atoms with E-state index in [0.717, 1.165) is 48.9 Å². The van der Waals surface area contributed by atoms with Gasteiger partial charge in [0.25, 0.3) is 0 Å². The molecule has 4 rings (SSSR count). The predicted octanol–water partition coefficient (Wildman–Crippen LogP) is 4.30. The number of nitrogens with one attached hydrogen (secondary N) is 1. The van der Waals surface area contributed by atoms with Gasteiger partial charge in [-0.1, -0.05) is 41.9 Å². The zero-order valence-corrected chi connectivity index (χ0v) is 17.4. The van der Waals surface area contributed by atoms with Crippen LogP contribution in [-0.2, 0) is 0 Å². The highest BCUT2D eigenvalue weighted by atomic mass is 35.5. The Morgan fingerprint density at radius 2 is 1.72 bits per heavy atom. The lowest BCUT2D eigenvalue weighted by atomic mass is 10.1. The van der Waals surface area contributed by atoms with Gasteiger partial charge in [0.2, 0.25) is 5.95 Å². The van der Waals surface area contributed by atoms with Crippen molar-refractivity contribution in [2.24, 2.45) is 0 Å². The van der Waals surface area contributed by atoms with Crippen molar-refractivity contribution in [3.63, 3.8) is 0 Å². The van der Waals surface area contributed by atoms with E-state index in [1.165, 1.54) is 0 Å². The number of aromatic nitrogens is 2. The number of rotatable bonds is 5. The van der Waals surface area contributed by atoms with Crippen LogP contribution in [0.2, 0.25) is 5.02 Å². The van der Waals surface area contributed by atoms with Crippen LogP contribution in [0.25, 0.3) is 11.3 Å². The van der Waals surface area contributed by atoms with Crippen molar-refractivity contribution in [1.29, 1.82) is 0 Å². The molecule has 6 nitrogen and oxygen atoms in total. The molecule has 1 aliphatic rings. The number of halogens is 1. The lowest BCUT2D eigenvalue weighted by molar-refractivity contribution is 0.312. The monoisotopic (exact) mass is 409 g/mol. The van der Waals surface area contributed by atoms with Crippen LogP contribution in [0.15, 0.2) is 54.6 Å². The van der Waals surface area contributed by atoms with Crippen molar-refractivity contribution < 1.29 is 4.74 Å². The molecule has 1 saturated heterocycles. The van der Waals surface area contributed by atoms with E-state index in [2.05, 4.69) is 40.4 Å². The highest BCUT2D eigenvalue weighted by molar-refractivity contribution is 6.32. The number of methoxy groups -OCH3 is 1. The Labute approximate surface area is 176 Å². The number of nitrogens with zero attached hydrogens (tertiary/aromatic N) is 4. The summed E-state index contributed by atoms with van der Waals surface area (Å²) in [6, 6.07) is 17.8. The summed E-state index contributed by atoms with van der Waals surface area (Å²) in [5.74, 6) is 2.10. The van der Waals surface area contributed by atoms with E-state index in [9.17, 15) is 0 Å². The SMILES string of the molecule is COc1ccc(Nc2nc(-c3ccccc3)cc(N3CCN(C)CC3)n2)cc1Cl. The number of likely N-dealkylation sites (N-methyl/N-ethyl adjacent to an activating group) is 1. The van der Waals surface area contributed by atoms with E-state index in [1.54, 1.807) is 7.11 Å². The second-order valence-corrected chi connectivity index (χ2v) is 7.47. The van der Waals surface area contributed by atoms with Gasteiger partial charge in [0.05, 0.1) is 17.8 Å². The molecule has 0 spiro atoms. The summed E-state index contributed by atoms with van der Waals surface area (Å²) in [4.78, 5) is 14.2. The Balaban J connectivity index is 1.68. The van der Waals surface area contributed by atoms with Crippen LogP contribution in [0.3, 0.4) is 0 Å². The Morgan fingerprint density at radius 3 is 2.41 bits per heavy atom. The molecule has 0 amide bonds. The minimum Gasteiger partial charge on any atom is -0.495 e. The third-order valence-electron chi connectivity index (χ3n) is 5.02. The molecule has 0 radical (unpaired) electrons. The maximum Gasteiger partial charge on any atom is 0.229 e. The number of piperazine rings is 1. The van der Waals surface area contributed by atoms with E-state index in [4.69, 9.17) is 26.3 Å². The summed E-state index contributed by atoms with van der Waals surface area (Å²) >= 11 is 6.27. The van der Waals surface area contributed by atoms with Crippen molar-refractivity contribution >= 4 is 29.1 Å². The van der Waals surface area contributed by atoms with Crippen LogP contribution >= 0.6 is 11.6 Å². The summed E-state index contributed by atoms with van der Waals surface area (Å²) in [5, 5.41) is 3.83. The quantitative estimate of drug-likeness (QED) is 0.678. The number of anilines is 3. The molecule has 2 aromatic carbocycles. The molecule has 7 heteroatoms. The van der Waals surface area contributed by atoms with Crippen LogP contribution in [-0.4, -0.2) is 55.2 Å². The number of hydrogen-bond donors (Lipinski definition) is 1. The van der Waals surface area contributed by atoms with E-state index in [0.29, 0.717) is 16.7 Å². The predicted molar refractivity (Wildman–Crippen MR) is 118 cm³/mol. The van der Waals surface area contributed by atoms with Gasteiger partial charge in [-0.05, 0) is 25.2 Å². The number of hydrogen-bond acceptors (Lipinski definition) is 6. The minimum absolute atomic E-state index is 0.538. The van der Waals surface area contributed by atoms with Gasteiger partial charge < -0.3 is 19.9 Å². The average molecular weight is 410 g/mol. The molecule has 1 fully saturated rings. The largest absolute Gasteiger partial charge is 0.495 e. The lowest BCUT2D eigenvalue weighted by Gasteiger charge is -2.33. The van der Waals surface area contributed by atoms with Gasteiger partial charge >= 0.3 is 0 Å². The van der Waals surface area contributed by atoms with Crippen molar-refractivity contribution in [2.45, 2.75) is 0 Å². The van der Waals surface area contributed by atoms with Gasteiger partial charge in [0.1, 0.15) is 11.6 Å². The van der Waals surface area contributed by atoms with E-state index < -0.39 is 0 Å². The summed E-state index contributed by atoms with van der Waals surface area (Å²) in [6.45, 7) is 3.91. The van der Waals surface area contributed by atoms with Crippen LogP contribution in [0, 0.1) is 0 Å². The zero-order valence-electron chi connectivity index (χ0n) is 16.6. The Hall–Kier alpha value is -2.83. The van der Waals surface area contributed by atoms with Crippen LogP contribution in [0.4, 0.5) is 17.5 Å². The van der Waals surface area contributed by atoms with Gasteiger partial charge in [0.15, 0.2) is 0 Å². The molecule has 3 aromatic rings. The van der Waals surface area contributed by atoms with Crippen LogP contribution in [0.5, 0.6) is 5.75 Å². The standard InChI is InChI=1S/C22H24ClN5O/c1-27-10-12-28(13-11-27)21-15-19(16-6-4-3-5-7-16)25-22(26-21)24-17-8-9-20(29-2)18(23)14-17/h3-9,14-15H,10-13H2,1-2H3,(H,24,25,26). The molecule has 1 aromatic heterocycles. The van der Waals surface area contributed by atoms with Crippen molar-refractivity contribution in [2.75, 3.05) is 50.6 Å². The van der Waals surface area contributed by atoms with Crippen molar-refractivity contribution in [3.05, 3.63) is 59.6 Å². The lowest BCUT2D eigenvalue weighted by Crippen LogP contribution is -2.44. The number of ether oxygens (including phenoxy) is 1. The topological polar surface area (TPSA) is 53.5 Å². The maximum atomic E-state index is 6.27. The molecular formula is C22H24ClN5O. The fraction of sp³-hybridized carbons (Fsp3) is 0.273. The van der Waals surface area contributed by atoms with Gasteiger partial charge in [-0.3, -0.25) is 0 Å². The molecule has 0 bridgehead atoms. The smallest absolute Gasteiger partial charge is 0.229 e. The maximum absolute atomic E-state index is 6.27. The normalized spacial score (nSPS) is 14.7. The third-order valence-corrected chi connectivity index (χ3v) is 5.31. The molecule has 1 N–H and O–H groups in total. The van der Waals surface area contributed by atoms with Gasteiger partial charge in [-0.15, -0.1) is 0 Å². The van der Waals surface area contributed by atoms with E-state index >= 15 is 0 Å². The fourth-order valence-corrected chi connectivity index (χ4v) is 3.58. The first-order chi connectivity index (χ1) is 14.1. The second-order valence-electron chi connectivity index (χ2n) is 7.07. The molecule has 150 valence electrons. The van der Waals surface area contributed by atoms with Crippen molar-refractivity contribution in [3.8, 4) is 17.0 Å². The highest BCUT2D eigenvalue weighted by Crippen LogP contribution is 2.30. The first-order valence-corrected chi connectivity index (χ1v) is 9.99. The minimum atomic E-state index is 0.538. The molecule has 2 heterocycles. The first-order valence-electron chi connectivity index (χ1n) is 9.61. The van der Waals surface area contributed by atoms with Crippen molar-refractivity contribution in [1.82, 2.24) is 14.9 Å². The molecule has 29 heavy (non-hydrogen) atoms. The van der Waals surface area contributed by atoms with Crippen LogP contribution < -0.4 is 15.0 Å². The van der Waals surface area contributed by atoms with Crippen LogP contribution in [0.1, 0.15) is 0 Å². The molecule has 0 unspecified atom stereocenters. The molecule has 1 aliphatic heterocycles. The Kier molecular flexibility index (Phi) is 5.83. The summed E-state index contributed by atoms with van der Waals surface area (Å²) in [7, 11) is 3.75. The second kappa shape index (κ2) is 8.68. The molecule has 0 saturated carbocycles. The number of benzene rings is 2. The summed E-state index contributed by atoms with van der Waals surface area (Å²) in [6.07, 6.45) is 0. The van der Waals surface area contributed by atoms with Gasteiger partial charge in [-0.25, -0.2) is 4.98 Å². The zero-order chi connectivity index (χ0) is 20.2. The molecule has 0 aliphatic carbocycles.